The molecule has 35 heavy (non-hydrogen) atoms. The number of terminal acetylenes is 1. The van der Waals surface area contributed by atoms with Crippen molar-refractivity contribution in [2.75, 3.05) is 13.7 Å². The van der Waals surface area contributed by atoms with E-state index in [-0.39, 0.29) is 18.0 Å². The molecule has 0 N–H and O–H groups in total. The van der Waals surface area contributed by atoms with Crippen LogP contribution in [0.25, 0.3) is 33.5 Å². The first-order valence-electron chi connectivity index (χ1n) is 10.6. The number of rotatable bonds is 6. The number of fused-ring (bicyclic) bond motifs is 2. The zero-order chi connectivity index (χ0) is 24.4. The largest absolute Gasteiger partial charge is 0.493 e. The highest BCUT2D eigenvalue weighted by atomic mass is 35.5. The Morgan fingerprint density at radius 1 is 1.17 bits per heavy atom. The molecule has 172 valence electrons. The van der Waals surface area contributed by atoms with E-state index in [1.807, 2.05) is 6.07 Å². The maximum Gasteiger partial charge on any atom is 0.282 e. The zero-order valence-corrected chi connectivity index (χ0v) is 19.3. The van der Waals surface area contributed by atoms with E-state index in [2.05, 4.69) is 16.0 Å². The van der Waals surface area contributed by atoms with E-state index < -0.39 is 0 Å². The highest BCUT2D eigenvalue weighted by Gasteiger charge is 2.17. The summed E-state index contributed by atoms with van der Waals surface area (Å²) in [5.41, 5.74) is 1.35. The number of methoxy groups -OCH3 is 1. The third-order valence-corrected chi connectivity index (χ3v) is 5.53. The molecule has 0 saturated carbocycles. The van der Waals surface area contributed by atoms with Gasteiger partial charge >= 0.3 is 0 Å². The summed E-state index contributed by atoms with van der Waals surface area (Å²) in [7, 11) is 1.53. The monoisotopic (exact) mass is 483 g/mol. The van der Waals surface area contributed by atoms with Gasteiger partial charge in [0.25, 0.3) is 5.56 Å². The Balaban J connectivity index is 1.70. The van der Waals surface area contributed by atoms with E-state index >= 15 is 0 Å². The first-order chi connectivity index (χ1) is 17.1. The van der Waals surface area contributed by atoms with Crippen LogP contribution in [0.5, 0.6) is 11.5 Å². The number of nitrogens with zero attached hydrogens (tertiary/aromatic N) is 3. The Bertz CT molecular complexity index is 1700. The molecule has 0 radical (unpaired) electrons. The quantitative estimate of drug-likeness (QED) is 0.240. The lowest BCUT2D eigenvalue weighted by Crippen LogP contribution is -2.20. The minimum absolute atomic E-state index is 0.0471. The lowest BCUT2D eigenvalue weighted by Gasteiger charge is -2.11. The second-order valence-electron chi connectivity index (χ2n) is 7.48. The molecule has 5 aromatic rings. The number of halogens is 1. The van der Waals surface area contributed by atoms with Gasteiger partial charge in [-0.15, -0.1) is 6.42 Å². The average Bonchev–Trinajstić information content (AvgIpc) is 3.30. The third kappa shape index (κ3) is 4.23. The van der Waals surface area contributed by atoms with Crippen molar-refractivity contribution in [2.24, 2.45) is 5.10 Å². The Morgan fingerprint density at radius 3 is 2.86 bits per heavy atom. The number of ether oxygens (including phenoxy) is 2. The van der Waals surface area contributed by atoms with Gasteiger partial charge in [0, 0.05) is 16.0 Å². The van der Waals surface area contributed by atoms with Crippen molar-refractivity contribution in [3.8, 4) is 35.4 Å². The smallest absolute Gasteiger partial charge is 0.282 e. The molecule has 0 unspecified atom stereocenters. The van der Waals surface area contributed by atoms with E-state index in [4.69, 9.17) is 31.9 Å². The summed E-state index contributed by atoms with van der Waals surface area (Å²) in [5, 5.41) is 6.25. The summed E-state index contributed by atoms with van der Waals surface area (Å²) in [6.07, 6.45) is 6.85. The summed E-state index contributed by atoms with van der Waals surface area (Å²) in [4.78, 5) is 18.1. The van der Waals surface area contributed by atoms with Crippen molar-refractivity contribution in [1.29, 1.82) is 0 Å². The summed E-state index contributed by atoms with van der Waals surface area (Å²) in [6, 6.07) is 19.4. The first-order valence-corrected chi connectivity index (χ1v) is 11.0. The van der Waals surface area contributed by atoms with Gasteiger partial charge in [-0.1, -0.05) is 35.7 Å². The molecule has 0 aliphatic rings. The molecule has 5 rings (SSSR count). The van der Waals surface area contributed by atoms with Crippen LogP contribution in [0.2, 0.25) is 5.02 Å². The second-order valence-corrected chi connectivity index (χ2v) is 7.91. The number of aromatic nitrogens is 2. The van der Waals surface area contributed by atoms with Gasteiger partial charge < -0.3 is 13.9 Å². The van der Waals surface area contributed by atoms with Crippen molar-refractivity contribution in [2.45, 2.75) is 0 Å². The normalized spacial score (nSPS) is 11.2. The molecule has 0 amide bonds. The summed E-state index contributed by atoms with van der Waals surface area (Å²) in [5.74, 6) is 3.95. The van der Waals surface area contributed by atoms with Gasteiger partial charge in [0.15, 0.2) is 17.3 Å². The molecular weight excluding hydrogens is 466 g/mol. The van der Waals surface area contributed by atoms with Crippen LogP contribution in [0, 0.1) is 12.3 Å². The number of hydrogen-bond donors (Lipinski definition) is 0. The van der Waals surface area contributed by atoms with E-state index in [1.165, 1.54) is 18.0 Å². The van der Waals surface area contributed by atoms with Crippen LogP contribution in [0.15, 0.2) is 81.0 Å². The molecule has 0 atom stereocenters. The van der Waals surface area contributed by atoms with Crippen LogP contribution >= 0.6 is 11.6 Å². The van der Waals surface area contributed by atoms with Crippen LogP contribution in [-0.2, 0) is 0 Å². The van der Waals surface area contributed by atoms with Gasteiger partial charge in [0.2, 0.25) is 5.82 Å². The molecule has 3 aromatic carbocycles. The minimum atomic E-state index is -0.352. The number of furan rings is 1. The fourth-order valence-electron chi connectivity index (χ4n) is 3.70. The van der Waals surface area contributed by atoms with E-state index in [0.717, 1.165) is 5.39 Å². The Labute approximate surface area is 205 Å². The van der Waals surface area contributed by atoms with Crippen molar-refractivity contribution in [3.05, 3.63) is 87.7 Å². The molecule has 0 fully saturated rings. The van der Waals surface area contributed by atoms with Gasteiger partial charge in [-0.2, -0.15) is 9.78 Å². The topological polar surface area (TPSA) is 78.9 Å². The van der Waals surface area contributed by atoms with Gasteiger partial charge in [-0.3, -0.25) is 4.79 Å². The fraction of sp³-hybridized carbons (Fsp3) is 0.0741. The standard InChI is InChI=1S/C27H18ClN3O4/c1-3-13-34-25-17(7-6-10-23(25)33-2)16-29-31-26(30-21-9-5-4-8-20(21)27(31)32)24-15-18-14-19(28)11-12-22(18)35-24/h1,4-12,14-16H,13H2,2H3. The van der Waals surface area contributed by atoms with E-state index in [9.17, 15) is 4.79 Å². The Morgan fingerprint density at radius 2 is 2.03 bits per heavy atom. The SMILES string of the molecule is C#CCOc1c(C=Nn2c(-c3cc4cc(Cl)ccc4o3)nc3ccccc3c2=O)cccc1OC. The lowest BCUT2D eigenvalue weighted by molar-refractivity contribution is 0.330. The molecular formula is C27H18ClN3O4. The van der Waals surface area contributed by atoms with Crippen molar-refractivity contribution in [3.63, 3.8) is 0 Å². The molecule has 2 heterocycles. The summed E-state index contributed by atoms with van der Waals surface area (Å²) >= 11 is 6.13. The van der Waals surface area contributed by atoms with Crippen LogP contribution in [-0.4, -0.2) is 29.6 Å². The molecule has 0 aliphatic heterocycles. The molecule has 8 heteroatoms. The van der Waals surface area contributed by atoms with Gasteiger partial charge in [0.1, 0.15) is 12.2 Å². The Hall–Kier alpha value is -4.54. The molecule has 0 bridgehead atoms. The predicted molar refractivity (Wildman–Crippen MR) is 137 cm³/mol. The highest BCUT2D eigenvalue weighted by molar-refractivity contribution is 6.31. The van der Waals surface area contributed by atoms with Gasteiger partial charge in [-0.05, 0) is 48.5 Å². The number of benzene rings is 3. The predicted octanol–water partition coefficient (Wildman–Crippen LogP) is 5.37. The molecule has 0 aliphatic carbocycles. The van der Waals surface area contributed by atoms with Gasteiger partial charge in [0.05, 0.1) is 24.2 Å². The van der Waals surface area contributed by atoms with Crippen molar-refractivity contribution in [1.82, 2.24) is 9.66 Å². The molecule has 2 aromatic heterocycles. The third-order valence-electron chi connectivity index (χ3n) is 5.29. The summed E-state index contributed by atoms with van der Waals surface area (Å²) in [6.45, 7) is 0.0471. The zero-order valence-electron chi connectivity index (χ0n) is 18.6. The lowest BCUT2D eigenvalue weighted by atomic mass is 10.2. The minimum Gasteiger partial charge on any atom is -0.493 e. The van der Waals surface area contributed by atoms with E-state index in [1.54, 1.807) is 60.7 Å². The first kappa shape index (κ1) is 22.3. The highest BCUT2D eigenvalue weighted by Crippen LogP contribution is 2.31. The number of para-hydroxylation sites is 2. The number of hydrogen-bond acceptors (Lipinski definition) is 6. The molecule has 0 spiro atoms. The average molecular weight is 484 g/mol. The van der Waals surface area contributed by atoms with Crippen LogP contribution < -0.4 is 15.0 Å². The van der Waals surface area contributed by atoms with Crippen LogP contribution in [0.3, 0.4) is 0 Å². The van der Waals surface area contributed by atoms with Crippen molar-refractivity contribution >= 4 is 39.7 Å². The Kier molecular flexibility index (Phi) is 5.96. The summed E-state index contributed by atoms with van der Waals surface area (Å²) < 4.78 is 18.3. The second kappa shape index (κ2) is 9.37. The van der Waals surface area contributed by atoms with Crippen LogP contribution in [0.4, 0.5) is 0 Å². The van der Waals surface area contributed by atoms with Gasteiger partial charge in [-0.25, -0.2) is 4.98 Å². The van der Waals surface area contributed by atoms with Crippen LogP contribution in [0.1, 0.15) is 5.56 Å². The van der Waals surface area contributed by atoms with E-state index in [0.29, 0.717) is 44.3 Å². The maximum absolute atomic E-state index is 13.5. The molecule has 7 nitrogen and oxygen atoms in total. The van der Waals surface area contributed by atoms with Crippen molar-refractivity contribution < 1.29 is 13.9 Å². The molecule has 0 saturated heterocycles. The fourth-order valence-corrected chi connectivity index (χ4v) is 3.88. The maximum atomic E-state index is 13.5.